The number of hydrogen-bond donors (Lipinski definition) is 1. The summed E-state index contributed by atoms with van der Waals surface area (Å²) < 4.78 is 5.70. The zero-order valence-corrected chi connectivity index (χ0v) is 12.7. The molecule has 2 N–H and O–H groups in total. The van der Waals surface area contributed by atoms with Gasteiger partial charge in [-0.1, -0.05) is 13.8 Å². The maximum absolute atomic E-state index is 10.7. The van der Waals surface area contributed by atoms with E-state index in [-0.39, 0.29) is 29.1 Å². The van der Waals surface area contributed by atoms with Crippen molar-refractivity contribution in [2.45, 2.75) is 39.3 Å². The minimum absolute atomic E-state index is 0.0370. The molecule has 2 unspecified atom stereocenters. The normalized spacial score (nSPS) is 23.4. The summed E-state index contributed by atoms with van der Waals surface area (Å²) in [7, 11) is 1.87. The highest BCUT2D eigenvalue weighted by Crippen LogP contribution is 2.46. The predicted molar refractivity (Wildman–Crippen MR) is 79.1 cm³/mol. The van der Waals surface area contributed by atoms with Crippen molar-refractivity contribution in [2.75, 3.05) is 24.3 Å². The van der Waals surface area contributed by atoms with Gasteiger partial charge in [0.05, 0.1) is 11.0 Å². The third-order valence-electron chi connectivity index (χ3n) is 4.26. The third kappa shape index (κ3) is 2.63. The van der Waals surface area contributed by atoms with Gasteiger partial charge in [-0.05, 0) is 13.3 Å². The van der Waals surface area contributed by atoms with Gasteiger partial charge < -0.3 is 15.4 Å². The minimum Gasteiger partial charge on any atom is -0.378 e. The van der Waals surface area contributed by atoms with E-state index < -0.39 is 4.92 Å². The van der Waals surface area contributed by atoms with Crippen LogP contribution in [0, 0.1) is 15.5 Å². The molecule has 0 amide bonds. The van der Waals surface area contributed by atoms with Gasteiger partial charge in [-0.25, -0.2) is 4.98 Å². The van der Waals surface area contributed by atoms with Crippen LogP contribution in [-0.2, 0) is 4.74 Å². The predicted octanol–water partition coefficient (Wildman–Crippen LogP) is 1.61. The number of nitrogens with two attached hydrogens (primary N) is 1. The van der Waals surface area contributed by atoms with Crippen LogP contribution >= 0.6 is 0 Å². The first-order valence-electron chi connectivity index (χ1n) is 6.90. The average molecular weight is 295 g/mol. The average Bonchev–Trinajstić information content (AvgIpc) is 2.41. The summed E-state index contributed by atoms with van der Waals surface area (Å²) in [6, 6.07) is 0.204. The molecule has 1 heterocycles. The lowest BCUT2D eigenvalue weighted by Gasteiger charge is -2.54. The van der Waals surface area contributed by atoms with Crippen molar-refractivity contribution in [1.29, 1.82) is 0 Å². The van der Waals surface area contributed by atoms with Crippen molar-refractivity contribution in [2.24, 2.45) is 5.41 Å². The summed E-state index contributed by atoms with van der Waals surface area (Å²) in [5.74, 6) is 0.279. The quantitative estimate of drug-likeness (QED) is 0.649. The molecule has 8 nitrogen and oxygen atoms in total. The monoisotopic (exact) mass is 295 g/mol. The molecule has 1 aliphatic carbocycles. The summed E-state index contributed by atoms with van der Waals surface area (Å²) in [5.41, 5.74) is 5.31. The highest BCUT2D eigenvalue weighted by molar-refractivity contribution is 5.54. The van der Waals surface area contributed by atoms with Crippen molar-refractivity contribution in [3.63, 3.8) is 0 Å². The molecule has 0 bridgehead atoms. The maximum Gasteiger partial charge on any atom is 0.329 e. The Balaban J connectivity index is 2.16. The molecular weight excluding hydrogens is 274 g/mol. The third-order valence-corrected chi connectivity index (χ3v) is 4.26. The lowest BCUT2D eigenvalue weighted by Crippen LogP contribution is -2.61. The van der Waals surface area contributed by atoms with Crippen LogP contribution in [0.5, 0.6) is 0 Å². The lowest BCUT2D eigenvalue weighted by atomic mass is 9.64. The molecule has 2 rings (SSSR count). The van der Waals surface area contributed by atoms with Gasteiger partial charge in [0.15, 0.2) is 0 Å². The van der Waals surface area contributed by atoms with Gasteiger partial charge in [-0.15, -0.1) is 0 Å². The van der Waals surface area contributed by atoms with Gasteiger partial charge in [0, 0.05) is 25.1 Å². The molecule has 8 heteroatoms. The molecule has 1 aromatic heterocycles. The van der Waals surface area contributed by atoms with Gasteiger partial charge in [0.25, 0.3) is 0 Å². The molecule has 2 atom stereocenters. The van der Waals surface area contributed by atoms with Crippen molar-refractivity contribution in [3.8, 4) is 0 Å². The fourth-order valence-electron chi connectivity index (χ4n) is 2.83. The molecule has 0 saturated heterocycles. The number of ether oxygens (including phenoxy) is 1. The Morgan fingerprint density at radius 3 is 2.76 bits per heavy atom. The van der Waals surface area contributed by atoms with Gasteiger partial charge in [-0.3, -0.25) is 10.1 Å². The second kappa shape index (κ2) is 5.44. The molecule has 0 spiro atoms. The number of nitrogen functional groups attached to an aromatic ring is 1. The van der Waals surface area contributed by atoms with Crippen LogP contribution in [0.4, 0.5) is 17.5 Å². The van der Waals surface area contributed by atoms with Gasteiger partial charge in [0.2, 0.25) is 11.8 Å². The molecule has 0 radical (unpaired) electrons. The zero-order valence-electron chi connectivity index (χ0n) is 12.7. The van der Waals surface area contributed by atoms with Crippen molar-refractivity contribution < 1.29 is 9.66 Å². The van der Waals surface area contributed by atoms with Crippen LogP contribution in [0.15, 0.2) is 6.20 Å². The van der Waals surface area contributed by atoms with Gasteiger partial charge in [0.1, 0.15) is 6.20 Å². The van der Waals surface area contributed by atoms with Crippen LogP contribution < -0.4 is 10.6 Å². The highest BCUT2D eigenvalue weighted by Gasteiger charge is 2.51. The molecule has 1 aliphatic rings. The highest BCUT2D eigenvalue weighted by atomic mass is 16.6. The fourth-order valence-corrected chi connectivity index (χ4v) is 2.83. The van der Waals surface area contributed by atoms with Crippen LogP contribution in [0.25, 0.3) is 0 Å². The van der Waals surface area contributed by atoms with E-state index in [1.807, 2.05) is 18.9 Å². The van der Waals surface area contributed by atoms with E-state index in [4.69, 9.17) is 10.5 Å². The number of rotatable bonds is 5. The largest absolute Gasteiger partial charge is 0.378 e. The first-order valence-corrected chi connectivity index (χ1v) is 6.90. The number of nitro groups is 1. The minimum atomic E-state index is -0.586. The molecule has 1 saturated carbocycles. The summed E-state index contributed by atoms with van der Waals surface area (Å²) in [5, 5.41) is 10.7. The van der Waals surface area contributed by atoms with E-state index in [2.05, 4.69) is 23.8 Å². The van der Waals surface area contributed by atoms with Crippen LogP contribution in [0.3, 0.4) is 0 Å². The molecule has 1 aromatic rings. The molecule has 0 aliphatic heterocycles. The fraction of sp³-hybridized carbons (Fsp3) is 0.692. The van der Waals surface area contributed by atoms with Crippen molar-refractivity contribution in [1.82, 2.24) is 9.97 Å². The van der Waals surface area contributed by atoms with Gasteiger partial charge in [-0.2, -0.15) is 4.98 Å². The second-order valence-electron chi connectivity index (χ2n) is 5.83. The maximum atomic E-state index is 10.7. The smallest absolute Gasteiger partial charge is 0.329 e. The molecule has 0 aromatic carbocycles. The topological polar surface area (TPSA) is 107 Å². The van der Waals surface area contributed by atoms with E-state index in [9.17, 15) is 10.1 Å². The van der Waals surface area contributed by atoms with E-state index in [1.54, 1.807) is 0 Å². The summed E-state index contributed by atoms with van der Waals surface area (Å²) in [6.45, 7) is 6.93. The Morgan fingerprint density at radius 2 is 2.29 bits per heavy atom. The Labute approximate surface area is 123 Å². The lowest BCUT2D eigenvalue weighted by molar-refractivity contribution is -0.384. The van der Waals surface area contributed by atoms with Crippen LogP contribution in [0.1, 0.15) is 27.2 Å². The van der Waals surface area contributed by atoms with E-state index in [0.717, 1.165) is 12.6 Å². The molecule has 1 fully saturated rings. The Kier molecular flexibility index (Phi) is 3.99. The Hall–Kier alpha value is -1.96. The van der Waals surface area contributed by atoms with Crippen LogP contribution in [-0.4, -0.2) is 40.7 Å². The number of aromatic nitrogens is 2. The van der Waals surface area contributed by atoms with Gasteiger partial charge >= 0.3 is 5.69 Å². The Bertz CT molecular complexity index is 549. The molecular formula is C13H21N5O3. The standard InChI is InChI=1S/C13H21N5O3/c1-5-21-10-6-9(13(10,2)3)17(4)12-15-7-8(18(19)20)11(14)16-12/h7,9-10H,5-6H2,1-4H3,(H2,14,15,16). The number of hydrogen-bond acceptors (Lipinski definition) is 7. The molecule has 21 heavy (non-hydrogen) atoms. The second-order valence-corrected chi connectivity index (χ2v) is 5.83. The SMILES string of the molecule is CCOC1CC(N(C)c2ncc([N+](=O)[O-])c(N)n2)C1(C)C. The Morgan fingerprint density at radius 1 is 1.62 bits per heavy atom. The summed E-state index contributed by atoms with van der Waals surface area (Å²) >= 11 is 0. The van der Waals surface area contributed by atoms with E-state index in [0.29, 0.717) is 12.6 Å². The van der Waals surface area contributed by atoms with E-state index >= 15 is 0 Å². The zero-order chi connectivity index (χ0) is 15.8. The van der Waals surface area contributed by atoms with Crippen molar-refractivity contribution in [3.05, 3.63) is 16.3 Å². The van der Waals surface area contributed by atoms with Crippen LogP contribution in [0.2, 0.25) is 0 Å². The first kappa shape index (κ1) is 15.4. The van der Waals surface area contributed by atoms with E-state index in [1.165, 1.54) is 0 Å². The summed E-state index contributed by atoms with van der Waals surface area (Å²) in [4.78, 5) is 20.2. The number of nitrogens with zero attached hydrogens (tertiary/aromatic N) is 4. The molecule has 116 valence electrons. The summed E-state index contributed by atoms with van der Waals surface area (Å²) in [6.07, 6.45) is 2.22. The number of anilines is 2. The van der Waals surface area contributed by atoms with Crippen molar-refractivity contribution >= 4 is 17.5 Å². The first-order chi connectivity index (χ1) is 9.78.